The normalized spacial score (nSPS) is 10.9. The Hall–Kier alpha value is -1.36. The molecule has 20 heavy (non-hydrogen) atoms. The fourth-order valence-corrected chi connectivity index (χ4v) is 2.88. The summed E-state index contributed by atoms with van der Waals surface area (Å²) >= 11 is 1.79. The van der Waals surface area contributed by atoms with Crippen molar-refractivity contribution in [2.45, 2.75) is 13.1 Å². The van der Waals surface area contributed by atoms with E-state index in [1.807, 2.05) is 12.1 Å². The Morgan fingerprint density at radius 3 is 2.60 bits per heavy atom. The van der Waals surface area contributed by atoms with Crippen molar-refractivity contribution in [3.63, 3.8) is 0 Å². The zero-order valence-corrected chi connectivity index (χ0v) is 12.9. The molecule has 1 heterocycles. The van der Waals surface area contributed by atoms with Crippen LogP contribution in [-0.4, -0.2) is 32.3 Å². The summed E-state index contributed by atoms with van der Waals surface area (Å²) in [6, 6.07) is 12.4. The second-order valence-electron chi connectivity index (χ2n) is 4.59. The molecular weight excluding hydrogens is 270 g/mol. The van der Waals surface area contributed by atoms with Gasteiger partial charge >= 0.3 is 0 Å². The molecule has 4 heteroatoms. The first-order valence-electron chi connectivity index (χ1n) is 6.69. The molecule has 0 radical (unpaired) electrons. The molecule has 0 N–H and O–H groups in total. The minimum atomic E-state index is 0.737. The predicted molar refractivity (Wildman–Crippen MR) is 83.3 cm³/mol. The summed E-state index contributed by atoms with van der Waals surface area (Å²) in [6.07, 6.45) is 0. The Morgan fingerprint density at radius 2 is 1.90 bits per heavy atom. The van der Waals surface area contributed by atoms with Gasteiger partial charge in [-0.2, -0.15) is 0 Å². The summed E-state index contributed by atoms with van der Waals surface area (Å²) in [7, 11) is 3.46. The Balaban J connectivity index is 2.06. The van der Waals surface area contributed by atoms with Crippen molar-refractivity contribution in [1.82, 2.24) is 4.90 Å². The smallest absolute Gasteiger partial charge is 0.123 e. The van der Waals surface area contributed by atoms with Crippen LogP contribution in [-0.2, 0) is 17.8 Å². The van der Waals surface area contributed by atoms with Gasteiger partial charge in [-0.15, -0.1) is 11.3 Å². The maximum absolute atomic E-state index is 5.43. The van der Waals surface area contributed by atoms with Crippen molar-refractivity contribution in [2.75, 3.05) is 27.4 Å². The average molecular weight is 291 g/mol. The zero-order valence-electron chi connectivity index (χ0n) is 12.0. The molecule has 0 amide bonds. The van der Waals surface area contributed by atoms with E-state index in [4.69, 9.17) is 9.47 Å². The zero-order chi connectivity index (χ0) is 14.2. The third-order valence-electron chi connectivity index (χ3n) is 3.16. The van der Waals surface area contributed by atoms with E-state index in [2.05, 4.69) is 34.5 Å². The Bertz CT molecular complexity index is 499. The van der Waals surface area contributed by atoms with Crippen molar-refractivity contribution in [2.24, 2.45) is 0 Å². The maximum Gasteiger partial charge on any atom is 0.123 e. The predicted octanol–water partition coefficient (Wildman–Crippen LogP) is 3.41. The number of hydrogen-bond acceptors (Lipinski definition) is 4. The van der Waals surface area contributed by atoms with Gasteiger partial charge in [0.15, 0.2) is 0 Å². The van der Waals surface area contributed by atoms with Gasteiger partial charge in [-0.1, -0.05) is 24.3 Å². The lowest BCUT2D eigenvalue weighted by atomic mass is 10.2. The Kier molecular flexibility index (Phi) is 6.05. The van der Waals surface area contributed by atoms with E-state index in [-0.39, 0.29) is 0 Å². The standard InChI is InChI=1S/C16H21NO2S/c1-18-10-9-17(13-15-7-5-11-20-15)12-14-6-3-4-8-16(14)19-2/h3-8,11H,9-10,12-13H2,1-2H3. The highest BCUT2D eigenvalue weighted by atomic mass is 32.1. The number of methoxy groups -OCH3 is 2. The van der Waals surface area contributed by atoms with Gasteiger partial charge in [0.1, 0.15) is 5.75 Å². The van der Waals surface area contributed by atoms with Crippen LogP contribution in [0.2, 0.25) is 0 Å². The quantitative estimate of drug-likeness (QED) is 0.744. The van der Waals surface area contributed by atoms with Crippen molar-refractivity contribution in [1.29, 1.82) is 0 Å². The average Bonchev–Trinajstić information content (AvgIpc) is 2.98. The second kappa shape index (κ2) is 8.04. The van der Waals surface area contributed by atoms with E-state index < -0.39 is 0 Å². The van der Waals surface area contributed by atoms with Gasteiger partial charge in [-0.25, -0.2) is 0 Å². The fourth-order valence-electron chi connectivity index (χ4n) is 2.13. The van der Waals surface area contributed by atoms with Crippen molar-refractivity contribution < 1.29 is 9.47 Å². The molecule has 0 aliphatic rings. The number of nitrogens with zero attached hydrogens (tertiary/aromatic N) is 1. The molecule has 1 aromatic carbocycles. The lowest BCUT2D eigenvalue weighted by Gasteiger charge is -2.22. The molecule has 0 fully saturated rings. The maximum atomic E-state index is 5.43. The monoisotopic (exact) mass is 291 g/mol. The number of rotatable bonds is 8. The Labute approximate surface area is 124 Å². The number of hydrogen-bond donors (Lipinski definition) is 0. The van der Waals surface area contributed by atoms with Crippen LogP contribution in [0.25, 0.3) is 0 Å². The van der Waals surface area contributed by atoms with Gasteiger partial charge in [0.2, 0.25) is 0 Å². The van der Waals surface area contributed by atoms with Gasteiger partial charge in [0.05, 0.1) is 13.7 Å². The van der Waals surface area contributed by atoms with Crippen molar-refractivity contribution in [3.05, 3.63) is 52.2 Å². The van der Waals surface area contributed by atoms with E-state index in [0.717, 1.165) is 32.0 Å². The second-order valence-corrected chi connectivity index (χ2v) is 5.63. The SMILES string of the molecule is COCCN(Cc1cccs1)Cc1ccccc1OC. The molecule has 0 aliphatic heterocycles. The number of thiophene rings is 1. The van der Waals surface area contributed by atoms with Crippen LogP contribution in [0, 0.1) is 0 Å². The van der Waals surface area contributed by atoms with Crippen LogP contribution in [0.1, 0.15) is 10.4 Å². The summed E-state index contributed by atoms with van der Waals surface area (Å²) in [6.45, 7) is 3.46. The van der Waals surface area contributed by atoms with Crippen LogP contribution >= 0.6 is 11.3 Å². The highest BCUT2D eigenvalue weighted by Crippen LogP contribution is 2.21. The summed E-state index contributed by atoms with van der Waals surface area (Å²) in [5, 5.41) is 2.12. The molecule has 0 saturated heterocycles. The van der Waals surface area contributed by atoms with Gasteiger partial charge in [0.25, 0.3) is 0 Å². The Morgan fingerprint density at radius 1 is 1.05 bits per heavy atom. The lowest BCUT2D eigenvalue weighted by molar-refractivity contribution is 0.140. The number of para-hydroxylation sites is 1. The van der Waals surface area contributed by atoms with E-state index in [1.54, 1.807) is 25.6 Å². The van der Waals surface area contributed by atoms with Crippen LogP contribution in [0.4, 0.5) is 0 Å². The first-order valence-corrected chi connectivity index (χ1v) is 7.57. The molecule has 2 aromatic rings. The molecular formula is C16H21NO2S. The molecule has 0 bridgehead atoms. The van der Waals surface area contributed by atoms with E-state index >= 15 is 0 Å². The number of ether oxygens (including phenoxy) is 2. The van der Waals surface area contributed by atoms with Crippen molar-refractivity contribution in [3.8, 4) is 5.75 Å². The lowest BCUT2D eigenvalue weighted by Crippen LogP contribution is -2.26. The van der Waals surface area contributed by atoms with Crippen LogP contribution in [0.15, 0.2) is 41.8 Å². The highest BCUT2D eigenvalue weighted by Gasteiger charge is 2.10. The molecule has 0 atom stereocenters. The van der Waals surface area contributed by atoms with E-state index in [0.29, 0.717) is 0 Å². The summed E-state index contributed by atoms with van der Waals surface area (Å²) in [5.41, 5.74) is 1.21. The molecule has 2 rings (SSSR count). The van der Waals surface area contributed by atoms with Crippen LogP contribution in [0.5, 0.6) is 5.75 Å². The molecule has 108 valence electrons. The minimum absolute atomic E-state index is 0.737. The van der Waals surface area contributed by atoms with Gasteiger partial charge in [-0.3, -0.25) is 4.90 Å². The molecule has 0 aliphatic carbocycles. The topological polar surface area (TPSA) is 21.7 Å². The van der Waals surface area contributed by atoms with Gasteiger partial charge in [0, 0.05) is 37.2 Å². The first kappa shape index (κ1) is 15.0. The van der Waals surface area contributed by atoms with Crippen LogP contribution in [0.3, 0.4) is 0 Å². The molecule has 3 nitrogen and oxygen atoms in total. The summed E-state index contributed by atoms with van der Waals surface area (Å²) in [4.78, 5) is 3.75. The molecule has 0 saturated carbocycles. The number of benzene rings is 1. The first-order chi connectivity index (χ1) is 9.83. The molecule has 1 aromatic heterocycles. The van der Waals surface area contributed by atoms with E-state index in [9.17, 15) is 0 Å². The summed E-state index contributed by atoms with van der Waals surface area (Å²) in [5.74, 6) is 0.945. The summed E-state index contributed by atoms with van der Waals surface area (Å²) < 4.78 is 10.6. The minimum Gasteiger partial charge on any atom is -0.496 e. The van der Waals surface area contributed by atoms with Crippen LogP contribution < -0.4 is 4.74 Å². The highest BCUT2D eigenvalue weighted by molar-refractivity contribution is 7.09. The van der Waals surface area contributed by atoms with Gasteiger partial charge < -0.3 is 9.47 Å². The van der Waals surface area contributed by atoms with Crippen molar-refractivity contribution >= 4 is 11.3 Å². The third kappa shape index (κ3) is 4.34. The fraction of sp³-hybridized carbons (Fsp3) is 0.375. The van der Waals surface area contributed by atoms with Gasteiger partial charge in [-0.05, 0) is 17.5 Å². The van der Waals surface area contributed by atoms with E-state index in [1.165, 1.54) is 10.4 Å². The molecule has 0 spiro atoms. The third-order valence-corrected chi connectivity index (χ3v) is 4.02. The molecule has 0 unspecified atom stereocenters. The largest absolute Gasteiger partial charge is 0.496 e.